The van der Waals surface area contributed by atoms with Crippen molar-refractivity contribution in [3.63, 3.8) is 0 Å². The first-order valence-corrected chi connectivity index (χ1v) is 14.0. The number of aromatic nitrogens is 3. The van der Waals surface area contributed by atoms with Crippen LogP contribution >= 0.6 is 0 Å². The van der Waals surface area contributed by atoms with Gasteiger partial charge in [0.2, 0.25) is 26.6 Å². The zero-order valence-corrected chi connectivity index (χ0v) is 23.7. The fraction of sp³-hybridized carbons (Fsp3) is 0.148. The molecule has 1 unspecified atom stereocenters. The van der Waals surface area contributed by atoms with Gasteiger partial charge in [-0.2, -0.15) is 4.39 Å². The first-order valence-electron chi connectivity index (χ1n) is 12.5. The summed E-state index contributed by atoms with van der Waals surface area (Å²) in [4.78, 5) is 24.5. The van der Waals surface area contributed by atoms with E-state index in [9.17, 15) is 27.8 Å². The number of aromatic hydroxyl groups is 1. The summed E-state index contributed by atoms with van der Waals surface area (Å²) in [6.45, 7) is 0.376. The SMILES string of the molecule is CN1CC=NC1c1cc(S(=O)(=O)c2ncc(C(=O)O)n2C)ccc1Oc1c(F)cnc(Oc2cc(C(=N)N)ccc2O)c1F. The number of phenolic OH excluding ortho intramolecular Hbond substituents is 1. The number of hydrogen-bond acceptors (Lipinski definition) is 11. The molecular weight excluding hydrogens is 604 g/mol. The summed E-state index contributed by atoms with van der Waals surface area (Å²) in [6, 6.07) is 7.14. The number of carboxylic acid groups (broad SMARTS) is 1. The minimum absolute atomic E-state index is 0.111. The molecule has 0 saturated heterocycles. The smallest absolute Gasteiger partial charge is 0.354 e. The summed E-state index contributed by atoms with van der Waals surface area (Å²) < 4.78 is 69.4. The van der Waals surface area contributed by atoms with E-state index >= 15 is 4.39 Å². The Morgan fingerprint density at radius 1 is 1.09 bits per heavy atom. The van der Waals surface area contributed by atoms with Gasteiger partial charge in [0.15, 0.2) is 17.3 Å². The van der Waals surface area contributed by atoms with Crippen molar-refractivity contribution in [1.29, 1.82) is 5.41 Å². The molecule has 3 heterocycles. The zero-order valence-electron chi connectivity index (χ0n) is 22.9. The first-order chi connectivity index (χ1) is 20.8. The highest BCUT2D eigenvalue weighted by Crippen LogP contribution is 2.40. The molecule has 1 atom stereocenters. The van der Waals surface area contributed by atoms with Gasteiger partial charge >= 0.3 is 5.97 Å². The Balaban J connectivity index is 1.56. The highest BCUT2D eigenvalue weighted by Gasteiger charge is 2.31. The number of benzene rings is 2. The molecule has 14 nitrogen and oxygen atoms in total. The number of hydrogen-bond donors (Lipinski definition) is 4. The number of sulfone groups is 1. The molecule has 2 aromatic heterocycles. The normalized spacial score (nSPS) is 15.0. The number of aromatic carboxylic acids is 1. The topological polar surface area (TPSA) is 206 Å². The van der Waals surface area contributed by atoms with Gasteiger partial charge in [0, 0.05) is 30.9 Å². The molecule has 1 aliphatic heterocycles. The van der Waals surface area contributed by atoms with Gasteiger partial charge in [0.25, 0.3) is 5.88 Å². The Kier molecular flexibility index (Phi) is 7.75. The van der Waals surface area contributed by atoms with Crippen LogP contribution in [-0.4, -0.2) is 69.7 Å². The van der Waals surface area contributed by atoms with Crippen molar-refractivity contribution < 1.29 is 41.7 Å². The van der Waals surface area contributed by atoms with E-state index in [2.05, 4.69) is 15.0 Å². The van der Waals surface area contributed by atoms with Gasteiger partial charge in [-0.1, -0.05) is 0 Å². The molecule has 5 rings (SSSR count). The third-order valence-electron chi connectivity index (χ3n) is 6.60. The lowest BCUT2D eigenvalue weighted by Crippen LogP contribution is -2.20. The fourth-order valence-electron chi connectivity index (χ4n) is 4.32. The Morgan fingerprint density at radius 3 is 2.48 bits per heavy atom. The van der Waals surface area contributed by atoms with Crippen LogP contribution < -0.4 is 15.2 Å². The Hall–Kier alpha value is -5.42. The van der Waals surface area contributed by atoms with E-state index in [0.717, 1.165) is 22.9 Å². The maximum Gasteiger partial charge on any atom is 0.354 e. The summed E-state index contributed by atoms with van der Waals surface area (Å²) >= 11 is 0. The van der Waals surface area contributed by atoms with Crippen LogP contribution in [-0.2, 0) is 16.9 Å². The van der Waals surface area contributed by atoms with Gasteiger partial charge in [-0.3, -0.25) is 15.3 Å². The minimum atomic E-state index is -4.38. The van der Waals surface area contributed by atoms with Crippen LogP contribution in [0.4, 0.5) is 8.78 Å². The maximum atomic E-state index is 15.6. The van der Waals surface area contributed by atoms with Crippen molar-refractivity contribution in [3.8, 4) is 28.9 Å². The average molecular weight is 628 g/mol. The zero-order chi connectivity index (χ0) is 31.9. The van der Waals surface area contributed by atoms with Gasteiger partial charge in [-0.25, -0.2) is 27.6 Å². The largest absolute Gasteiger partial charge is 0.504 e. The number of aliphatic imine (C=N–C) groups is 1. The Bertz CT molecular complexity index is 1960. The second-order valence-corrected chi connectivity index (χ2v) is 11.3. The number of pyridine rings is 1. The van der Waals surface area contributed by atoms with Crippen LogP contribution in [0.3, 0.4) is 0 Å². The third kappa shape index (κ3) is 5.40. The monoisotopic (exact) mass is 627 g/mol. The predicted molar refractivity (Wildman–Crippen MR) is 149 cm³/mol. The van der Waals surface area contributed by atoms with Crippen molar-refractivity contribution in [3.05, 3.63) is 77.2 Å². The fourth-order valence-corrected chi connectivity index (χ4v) is 5.71. The van der Waals surface area contributed by atoms with Crippen molar-refractivity contribution in [1.82, 2.24) is 19.4 Å². The quantitative estimate of drug-likeness (QED) is 0.157. The number of ether oxygens (including phenoxy) is 2. The van der Waals surface area contributed by atoms with Crippen LogP contribution in [0.25, 0.3) is 0 Å². The minimum Gasteiger partial charge on any atom is -0.504 e. The molecule has 2 aromatic carbocycles. The average Bonchev–Trinajstić information content (AvgIpc) is 3.59. The molecule has 1 aliphatic rings. The second-order valence-electron chi connectivity index (χ2n) is 9.49. The number of carboxylic acids is 1. The van der Waals surface area contributed by atoms with E-state index in [1.807, 2.05) is 0 Å². The van der Waals surface area contributed by atoms with Crippen LogP contribution in [0.5, 0.6) is 28.9 Å². The number of rotatable bonds is 9. The van der Waals surface area contributed by atoms with Crippen molar-refractivity contribution in [2.45, 2.75) is 16.2 Å². The number of amidine groups is 1. The Morgan fingerprint density at radius 2 is 1.84 bits per heavy atom. The third-order valence-corrected chi connectivity index (χ3v) is 8.33. The van der Waals surface area contributed by atoms with Gasteiger partial charge < -0.3 is 30.0 Å². The van der Waals surface area contributed by atoms with Crippen LogP contribution in [0.15, 0.2) is 63.8 Å². The lowest BCUT2D eigenvalue weighted by atomic mass is 10.1. The molecule has 5 N–H and O–H groups in total. The molecule has 4 aromatic rings. The lowest BCUT2D eigenvalue weighted by molar-refractivity contribution is 0.0685. The molecule has 0 radical (unpaired) electrons. The summed E-state index contributed by atoms with van der Waals surface area (Å²) in [5.41, 5.74) is 5.37. The van der Waals surface area contributed by atoms with E-state index in [1.54, 1.807) is 18.2 Å². The number of nitrogen functional groups attached to an aromatic ring is 1. The standard InChI is InChI=1S/C27H23F2N7O7S/c1-35-8-7-32-24(35)15-10-14(44(40,41)27-34-12-17(26(38)39)36(27)2)4-6-19(15)42-22-16(28)11-33-25(21(22)29)43-20-9-13(23(30)31)3-5-18(20)37/h3-7,9-12,24,37H,8H2,1-2H3,(H3,30,31)(H,38,39). The van der Waals surface area contributed by atoms with E-state index in [4.69, 9.17) is 20.6 Å². The maximum absolute atomic E-state index is 15.6. The highest BCUT2D eigenvalue weighted by molar-refractivity contribution is 7.91. The van der Waals surface area contributed by atoms with Crippen LogP contribution in [0.2, 0.25) is 0 Å². The molecule has 0 aliphatic carbocycles. The molecule has 0 spiro atoms. The molecule has 17 heteroatoms. The molecule has 228 valence electrons. The summed E-state index contributed by atoms with van der Waals surface area (Å²) in [5, 5.41) is 26.5. The van der Waals surface area contributed by atoms with E-state index in [0.29, 0.717) is 12.7 Å². The van der Waals surface area contributed by atoms with Gasteiger partial charge in [-0.05, 0) is 43.4 Å². The summed E-state index contributed by atoms with van der Waals surface area (Å²) in [5.74, 6) is -7.00. The number of nitrogens with one attached hydrogen (secondary N) is 1. The number of carbonyl (C=O) groups is 1. The molecule has 44 heavy (non-hydrogen) atoms. The summed E-state index contributed by atoms with van der Waals surface area (Å²) in [7, 11) is -1.46. The molecular formula is C27H23F2N7O7S. The van der Waals surface area contributed by atoms with Crippen LogP contribution in [0.1, 0.15) is 27.8 Å². The van der Waals surface area contributed by atoms with Gasteiger partial charge in [0.05, 0.1) is 17.3 Å². The van der Waals surface area contributed by atoms with Crippen molar-refractivity contribution >= 4 is 27.9 Å². The van der Waals surface area contributed by atoms with Gasteiger partial charge in [-0.15, -0.1) is 0 Å². The molecule has 0 saturated carbocycles. The second kappa shape index (κ2) is 11.3. The number of halogens is 2. The van der Waals surface area contributed by atoms with E-state index in [1.165, 1.54) is 31.3 Å². The van der Waals surface area contributed by atoms with E-state index in [-0.39, 0.29) is 39.1 Å². The van der Waals surface area contributed by atoms with Crippen molar-refractivity contribution in [2.75, 3.05) is 13.6 Å². The van der Waals surface area contributed by atoms with Gasteiger partial charge in [0.1, 0.15) is 23.4 Å². The molecule has 0 amide bonds. The van der Waals surface area contributed by atoms with Crippen molar-refractivity contribution in [2.24, 2.45) is 17.8 Å². The Labute approximate surface area is 248 Å². The predicted octanol–water partition coefficient (Wildman–Crippen LogP) is 3.21. The summed E-state index contributed by atoms with van der Waals surface area (Å²) in [6.07, 6.45) is 2.28. The first kappa shape index (κ1) is 30.1. The molecule has 0 bridgehead atoms. The van der Waals surface area contributed by atoms with Crippen LogP contribution in [0, 0.1) is 17.0 Å². The number of nitrogens with two attached hydrogens (primary N) is 1. The molecule has 0 fully saturated rings. The number of nitrogens with zero attached hydrogens (tertiary/aromatic N) is 5. The number of imidazole rings is 1. The highest BCUT2D eigenvalue weighted by atomic mass is 32.2. The van der Waals surface area contributed by atoms with E-state index < -0.39 is 56.1 Å². The number of phenols is 1. The lowest BCUT2D eigenvalue weighted by Gasteiger charge is -2.22.